The predicted molar refractivity (Wildman–Crippen MR) is 69.2 cm³/mol. The van der Waals surface area contributed by atoms with E-state index in [1.165, 1.54) is 10.8 Å². The molecule has 2 aromatic rings. The van der Waals surface area contributed by atoms with Crippen LogP contribution in [0.5, 0.6) is 0 Å². The van der Waals surface area contributed by atoms with E-state index in [1.54, 1.807) is 0 Å². The Hall–Kier alpha value is -0.795. The number of halogens is 1. The molecule has 0 aliphatic heterocycles. The Bertz CT molecular complexity index is 286. The van der Waals surface area contributed by atoms with Crippen LogP contribution in [-0.2, 0) is 0 Å². The molecule has 0 unspecified atom stereocenters. The van der Waals surface area contributed by atoms with Crippen molar-refractivity contribution in [2.75, 3.05) is 0 Å². The first kappa shape index (κ1) is 14.7. The van der Waals surface area contributed by atoms with Gasteiger partial charge in [-0.05, 0) is 10.8 Å². The maximum atomic E-state index is 2.12. The van der Waals surface area contributed by atoms with E-state index >= 15 is 0 Å². The molecule has 0 fully saturated rings. The van der Waals surface area contributed by atoms with E-state index in [4.69, 9.17) is 0 Å². The quantitative estimate of drug-likeness (QED) is 0.705. The Kier molecular flexibility index (Phi) is 7.57. The highest BCUT2D eigenvalue weighted by Gasteiger charge is 1.85. The number of hydrogen-bond acceptors (Lipinski definition) is 1. The van der Waals surface area contributed by atoms with Crippen molar-refractivity contribution in [2.24, 2.45) is 0 Å². The van der Waals surface area contributed by atoms with Gasteiger partial charge in [-0.25, -0.2) is 0 Å². The van der Waals surface area contributed by atoms with Crippen LogP contribution in [0.15, 0.2) is 48.5 Å². The summed E-state index contributed by atoms with van der Waals surface area (Å²) in [7, 11) is 0. The summed E-state index contributed by atoms with van der Waals surface area (Å²) < 4.78 is 0. The molecule has 0 aromatic heterocycles. The van der Waals surface area contributed by atoms with Gasteiger partial charge in [0.25, 0.3) is 0 Å². The average molecular weight is 240 g/mol. The van der Waals surface area contributed by atoms with Crippen LogP contribution in [0.4, 0.5) is 0 Å². The molecule has 0 spiro atoms. The van der Waals surface area contributed by atoms with Crippen LogP contribution in [0.1, 0.15) is 0 Å². The standard InChI is InChI=1S/C10H8.BH3.BrH.H3N/c1-2-6-10-8-4-3-7-9(10)5-1;;;/h1-8H;1H3;1H;1H3. The van der Waals surface area contributed by atoms with Gasteiger partial charge in [-0.1, -0.05) is 48.5 Å². The Morgan fingerprint density at radius 1 is 0.615 bits per heavy atom. The Labute approximate surface area is 91.1 Å². The van der Waals surface area contributed by atoms with E-state index in [-0.39, 0.29) is 31.5 Å². The second-order valence-corrected chi connectivity index (χ2v) is 2.35. The molecule has 3 heteroatoms. The third-order valence-corrected chi connectivity index (χ3v) is 1.66. The van der Waals surface area contributed by atoms with Gasteiger partial charge in [0.1, 0.15) is 0 Å². The maximum Gasteiger partial charge on any atom is 0.0814 e. The van der Waals surface area contributed by atoms with Crippen LogP contribution in [0.2, 0.25) is 0 Å². The van der Waals surface area contributed by atoms with Gasteiger partial charge in [0.2, 0.25) is 0 Å². The van der Waals surface area contributed by atoms with E-state index in [2.05, 4.69) is 48.5 Å². The molecular weight excluding hydrogens is 225 g/mol. The molecule has 0 heterocycles. The lowest BCUT2D eigenvalue weighted by molar-refractivity contribution is 1.75. The highest BCUT2D eigenvalue weighted by atomic mass is 79.9. The van der Waals surface area contributed by atoms with E-state index in [0.717, 1.165) is 0 Å². The molecule has 0 aliphatic carbocycles. The van der Waals surface area contributed by atoms with Gasteiger partial charge in [0.15, 0.2) is 0 Å². The minimum atomic E-state index is 0. The summed E-state index contributed by atoms with van der Waals surface area (Å²) in [5.41, 5.74) is 0. The smallest absolute Gasteiger partial charge is 0.0814 e. The SMILES string of the molecule is B.Br.N.c1ccc2ccccc2c1. The van der Waals surface area contributed by atoms with Crippen molar-refractivity contribution >= 4 is 36.2 Å². The lowest BCUT2D eigenvalue weighted by Gasteiger charge is -1.92. The number of hydrogen-bond donors (Lipinski definition) is 1. The normalized spacial score (nSPS) is 7.69. The average Bonchev–Trinajstić information content (AvgIpc) is 2.05. The summed E-state index contributed by atoms with van der Waals surface area (Å²) in [6.07, 6.45) is 0. The first-order chi connectivity index (χ1) is 4.97. The zero-order chi connectivity index (χ0) is 6.81. The highest BCUT2D eigenvalue weighted by molar-refractivity contribution is 8.93. The van der Waals surface area contributed by atoms with Crippen LogP contribution in [-0.4, -0.2) is 8.41 Å². The molecule has 0 aliphatic rings. The predicted octanol–water partition coefficient (Wildman–Crippen LogP) is 2.40. The monoisotopic (exact) mass is 239 g/mol. The number of fused-ring (bicyclic) bond motifs is 1. The summed E-state index contributed by atoms with van der Waals surface area (Å²) in [4.78, 5) is 0. The Balaban J connectivity index is 0. The fourth-order valence-corrected chi connectivity index (χ4v) is 1.13. The summed E-state index contributed by atoms with van der Waals surface area (Å²) in [6, 6.07) is 16.7. The molecule has 0 radical (unpaired) electrons. The molecule has 0 saturated heterocycles. The highest BCUT2D eigenvalue weighted by Crippen LogP contribution is 2.11. The second-order valence-electron chi connectivity index (χ2n) is 2.35. The largest absolute Gasteiger partial charge is 0.344 e. The van der Waals surface area contributed by atoms with Gasteiger partial charge in [-0.2, -0.15) is 0 Å². The molecule has 13 heavy (non-hydrogen) atoms. The lowest BCUT2D eigenvalue weighted by Crippen LogP contribution is -1.67. The molecule has 2 aromatic carbocycles. The van der Waals surface area contributed by atoms with E-state index in [9.17, 15) is 0 Å². The van der Waals surface area contributed by atoms with Crippen LogP contribution in [0, 0.1) is 0 Å². The Morgan fingerprint density at radius 3 is 1.08 bits per heavy atom. The Morgan fingerprint density at radius 2 is 0.846 bits per heavy atom. The van der Waals surface area contributed by atoms with Crippen LogP contribution in [0.3, 0.4) is 0 Å². The summed E-state index contributed by atoms with van der Waals surface area (Å²) >= 11 is 0. The first-order valence-corrected chi connectivity index (χ1v) is 3.40. The lowest BCUT2D eigenvalue weighted by atomic mass is 10.1. The first-order valence-electron chi connectivity index (χ1n) is 3.40. The maximum absolute atomic E-state index is 2.12. The summed E-state index contributed by atoms with van der Waals surface area (Å²) in [5, 5.41) is 2.62. The van der Waals surface area contributed by atoms with E-state index in [1.807, 2.05) is 0 Å². The fourth-order valence-electron chi connectivity index (χ4n) is 1.13. The van der Waals surface area contributed by atoms with Crippen molar-refractivity contribution < 1.29 is 0 Å². The molecule has 0 atom stereocenters. The molecule has 70 valence electrons. The van der Waals surface area contributed by atoms with Crippen molar-refractivity contribution in [3.8, 4) is 0 Å². The van der Waals surface area contributed by atoms with Crippen LogP contribution >= 0.6 is 17.0 Å². The molecular formula is C10H15BBrN. The van der Waals surface area contributed by atoms with E-state index < -0.39 is 0 Å². The van der Waals surface area contributed by atoms with Gasteiger partial charge in [-0.3, -0.25) is 0 Å². The number of rotatable bonds is 0. The molecule has 3 N–H and O–H groups in total. The van der Waals surface area contributed by atoms with Crippen LogP contribution < -0.4 is 6.15 Å². The topological polar surface area (TPSA) is 35.0 Å². The second kappa shape index (κ2) is 6.69. The van der Waals surface area contributed by atoms with Gasteiger partial charge < -0.3 is 6.15 Å². The zero-order valence-electron chi connectivity index (χ0n) is 6.73. The molecule has 0 bridgehead atoms. The third-order valence-electron chi connectivity index (χ3n) is 1.66. The minimum Gasteiger partial charge on any atom is -0.344 e. The van der Waals surface area contributed by atoms with Gasteiger partial charge in [0.05, 0.1) is 8.41 Å². The molecule has 0 saturated carbocycles. The van der Waals surface area contributed by atoms with Crippen molar-refractivity contribution in [2.45, 2.75) is 0 Å². The van der Waals surface area contributed by atoms with Gasteiger partial charge in [0, 0.05) is 0 Å². The number of benzene rings is 2. The molecule has 0 amide bonds. The summed E-state index contributed by atoms with van der Waals surface area (Å²) in [6.45, 7) is 0. The van der Waals surface area contributed by atoms with Gasteiger partial charge in [-0.15, -0.1) is 17.0 Å². The van der Waals surface area contributed by atoms with Crippen molar-refractivity contribution in [3.05, 3.63) is 48.5 Å². The van der Waals surface area contributed by atoms with Crippen molar-refractivity contribution in [3.63, 3.8) is 0 Å². The molecule has 2 rings (SSSR count). The minimum absolute atomic E-state index is 0. The fraction of sp³-hybridized carbons (Fsp3) is 0. The zero-order valence-corrected chi connectivity index (χ0v) is 8.45. The molecule has 1 nitrogen and oxygen atoms in total. The van der Waals surface area contributed by atoms with Gasteiger partial charge >= 0.3 is 0 Å². The van der Waals surface area contributed by atoms with Crippen molar-refractivity contribution in [1.82, 2.24) is 6.15 Å². The third kappa shape index (κ3) is 3.21. The van der Waals surface area contributed by atoms with Crippen molar-refractivity contribution in [1.29, 1.82) is 0 Å². The van der Waals surface area contributed by atoms with Crippen LogP contribution in [0.25, 0.3) is 10.8 Å². The van der Waals surface area contributed by atoms with E-state index in [0.29, 0.717) is 0 Å². The summed E-state index contributed by atoms with van der Waals surface area (Å²) in [5.74, 6) is 0.